The van der Waals surface area contributed by atoms with Gasteiger partial charge >= 0.3 is 0 Å². The summed E-state index contributed by atoms with van der Waals surface area (Å²) in [5.41, 5.74) is 0.730. The van der Waals surface area contributed by atoms with Gasteiger partial charge < -0.3 is 9.47 Å². The van der Waals surface area contributed by atoms with E-state index in [1.165, 1.54) is 31.4 Å². The smallest absolute Gasteiger partial charge is 0.227 e. The Morgan fingerprint density at radius 3 is 2.70 bits per heavy atom. The molecule has 0 atom stereocenters. The number of hydrogen-bond donors (Lipinski definition) is 0. The lowest BCUT2D eigenvalue weighted by molar-refractivity contribution is -0.132. The van der Waals surface area contributed by atoms with E-state index in [1.54, 1.807) is 12.1 Å². The number of halogens is 1. The maximum atomic E-state index is 13.3. The molecule has 2 aliphatic rings. The molecule has 1 fully saturated rings. The minimum Gasteiger partial charge on any atom is -0.340 e. The van der Waals surface area contributed by atoms with Gasteiger partial charge in [0.05, 0.1) is 13.0 Å². The van der Waals surface area contributed by atoms with Crippen LogP contribution in [0.3, 0.4) is 0 Å². The SMILES string of the molecule is O=C(Cc1cccc(F)c1)N1CCN(Cc2nnc3n2CCCCC3)CC1. The summed E-state index contributed by atoms with van der Waals surface area (Å²) in [6.07, 6.45) is 4.93. The van der Waals surface area contributed by atoms with Crippen molar-refractivity contribution >= 4 is 5.91 Å². The summed E-state index contributed by atoms with van der Waals surface area (Å²) in [5, 5.41) is 8.78. The van der Waals surface area contributed by atoms with E-state index < -0.39 is 0 Å². The first-order valence-electron chi connectivity index (χ1n) is 9.84. The first kappa shape index (κ1) is 18.1. The van der Waals surface area contributed by atoms with E-state index in [2.05, 4.69) is 19.7 Å². The highest BCUT2D eigenvalue weighted by molar-refractivity contribution is 5.78. The lowest BCUT2D eigenvalue weighted by Gasteiger charge is -2.34. The number of carbonyl (C=O) groups excluding carboxylic acids is 1. The molecule has 2 aliphatic heterocycles. The number of piperazine rings is 1. The van der Waals surface area contributed by atoms with Crippen molar-refractivity contribution < 1.29 is 9.18 Å². The summed E-state index contributed by atoms with van der Waals surface area (Å²) >= 11 is 0. The molecule has 0 saturated carbocycles. The van der Waals surface area contributed by atoms with Crippen molar-refractivity contribution in [3.8, 4) is 0 Å². The Hall–Kier alpha value is -2.28. The molecule has 7 heteroatoms. The Morgan fingerprint density at radius 2 is 1.89 bits per heavy atom. The zero-order valence-corrected chi connectivity index (χ0v) is 15.6. The average Bonchev–Trinajstić information content (AvgIpc) is 2.88. The average molecular weight is 371 g/mol. The highest BCUT2D eigenvalue weighted by atomic mass is 19.1. The van der Waals surface area contributed by atoms with Crippen LogP contribution in [0.5, 0.6) is 0 Å². The molecule has 0 unspecified atom stereocenters. The lowest BCUT2D eigenvalue weighted by atomic mass is 10.1. The second kappa shape index (κ2) is 8.17. The minimum absolute atomic E-state index is 0.0663. The predicted octanol–water partition coefficient (Wildman–Crippen LogP) is 2.03. The first-order chi connectivity index (χ1) is 13.2. The van der Waals surface area contributed by atoms with Gasteiger partial charge in [-0.25, -0.2) is 4.39 Å². The van der Waals surface area contributed by atoms with Gasteiger partial charge in [-0.1, -0.05) is 18.6 Å². The van der Waals surface area contributed by atoms with Crippen molar-refractivity contribution in [2.45, 2.75) is 45.2 Å². The summed E-state index contributed by atoms with van der Waals surface area (Å²) in [7, 11) is 0. The van der Waals surface area contributed by atoms with Crippen LogP contribution in [0.25, 0.3) is 0 Å². The highest BCUT2D eigenvalue weighted by Crippen LogP contribution is 2.16. The normalized spacial score (nSPS) is 18.2. The van der Waals surface area contributed by atoms with Crippen molar-refractivity contribution in [3.63, 3.8) is 0 Å². The van der Waals surface area contributed by atoms with Gasteiger partial charge in [0, 0.05) is 39.1 Å². The summed E-state index contributed by atoms with van der Waals surface area (Å²) in [6, 6.07) is 6.29. The first-order valence-corrected chi connectivity index (χ1v) is 9.84. The molecule has 0 spiro atoms. The van der Waals surface area contributed by atoms with E-state index in [0.717, 1.165) is 49.8 Å². The van der Waals surface area contributed by atoms with Crippen LogP contribution >= 0.6 is 0 Å². The molecular formula is C20H26FN5O. The summed E-state index contributed by atoms with van der Waals surface area (Å²) in [5.74, 6) is 1.94. The molecule has 0 bridgehead atoms. The summed E-state index contributed by atoms with van der Waals surface area (Å²) in [4.78, 5) is 16.7. The van der Waals surface area contributed by atoms with Crippen LogP contribution in [-0.2, 0) is 30.7 Å². The van der Waals surface area contributed by atoms with Crippen LogP contribution in [0.2, 0.25) is 0 Å². The molecule has 2 aromatic rings. The van der Waals surface area contributed by atoms with Gasteiger partial charge in [-0.05, 0) is 30.5 Å². The molecular weight excluding hydrogens is 345 g/mol. The fraction of sp³-hybridized carbons (Fsp3) is 0.550. The number of aromatic nitrogens is 3. The molecule has 4 rings (SSSR count). The Kier molecular flexibility index (Phi) is 5.48. The van der Waals surface area contributed by atoms with Gasteiger partial charge in [0.15, 0.2) is 0 Å². The van der Waals surface area contributed by atoms with Gasteiger partial charge in [-0.15, -0.1) is 10.2 Å². The van der Waals surface area contributed by atoms with E-state index in [0.29, 0.717) is 13.1 Å². The third-order valence-corrected chi connectivity index (χ3v) is 5.52. The third-order valence-electron chi connectivity index (χ3n) is 5.52. The number of benzene rings is 1. The number of hydrogen-bond acceptors (Lipinski definition) is 4. The number of amides is 1. The fourth-order valence-corrected chi connectivity index (χ4v) is 3.95. The predicted molar refractivity (Wildman–Crippen MR) is 99.5 cm³/mol. The quantitative estimate of drug-likeness (QED) is 0.825. The maximum Gasteiger partial charge on any atom is 0.227 e. The Balaban J connectivity index is 1.30. The van der Waals surface area contributed by atoms with Gasteiger partial charge in [-0.2, -0.15) is 0 Å². The third kappa shape index (κ3) is 4.35. The molecule has 0 radical (unpaired) electrons. The van der Waals surface area contributed by atoms with Crippen LogP contribution in [-0.4, -0.2) is 56.7 Å². The Labute approximate surface area is 159 Å². The molecule has 0 aliphatic carbocycles. The molecule has 1 saturated heterocycles. The zero-order chi connectivity index (χ0) is 18.6. The van der Waals surface area contributed by atoms with Crippen molar-refractivity contribution in [2.75, 3.05) is 26.2 Å². The molecule has 27 heavy (non-hydrogen) atoms. The van der Waals surface area contributed by atoms with Crippen LogP contribution in [0, 0.1) is 5.82 Å². The van der Waals surface area contributed by atoms with Gasteiger partial charge in [0.1, 0.15) is 17.5 Å². The van der Waals surface area contributed by atoms with Crippen LogP contribution in [0.15, 0.2) is 24.3 Å². The summed E-state index contributed by atoms with van der Waals surface area (Å²) < 4.78 is 15.6. The van der Waals surface area contributed by atoms with Crippen LogP contribution in [0.1, 0.15) is 36.5 Å². The minimum atomic E-state index is -0.294. The Bertz CT molecular complexity index is 797. The topological polar surface area (TPSA) is 54.3 Å². The molecule has 3 heterocycles. The Morgan fingerprint density at radius 1 is 1.04 bits per heavy atom. The van der Waals surface area contributed by atoms with E-state index in [9.17, 15) is 9.18 Å². The van der Waals surface area contributed by atoms with Crippen LogP contribution in [0.4, 0.5) is 4.39 Å². The fourth-order valence-electron chi connectivity index (χ4n) is 3.95. The van der Waals surface area contributed by atoms with Crippen LogP contribution < -0.4 is 0 Å². The van der Waals surface area contributed by atoms with Crippen molar-refractivity contribution in [2.24, 2.45) is 0 Å². The number of aryl methyl sites for hydroxylation is 1. The maximum absolute atomic E-state index is 13.3. The number of carbonyl (C=O) groups is 1. The van der Waals surface area contributed by atoms with Crippen molar-refractivity contribution in [1.29, 1.82) is 0 Å². The van der Waals surface area contributed by atoms with E-state index >= 15 is 0 Å². The zero-order valence-electron chi connectivity index (χ0n) is 15.6. The van der Waals surface area contributed by atoms with Gasteiger partial charge in [-0.3, -0.25) is 9.69 Å². The second-order valence-electron chi connectivity index (χ2n) is 7.46. The number of rotatable bonds is 4. The van der Waals surface area contributed by atoms with Gasteiger partial charge in [0.2, 0.25) is 5.91 Å². The van der Waals surface area contributed by atoms with Crippen molar-refractivity contribution in [3.05, 3.63) is 47.3 Å². The molecule has 0 N–H and O–H groups in total. The summed E-state index contributed by atoms with van der Waals surface area (Å²) in [6.45, 7) is 4.88. The molecule has 1 aromatic heterocycles. The number of fused-ring (bicyclic) bond motifs is 1. The molecule has 144 valence electrons. The van der Waals surface area contributed by atoms with E-state index in [4.69, 9.17) is 0 Å². The van der Waals surface area contributed by atoms with E-state index in [1.807, 2.05) is 4.90 Å². The monoisotopic (exact) mass is 371 g/mol. The standard InChI is InChI=1S/C20H26FN5O/c21-17-6-4-5-16(13-17)14-20(27)25-11-9-24(10-12-25)15-19-23-22-18-7-2-1-3-8-26(18)19/h4-6,13H,1-3,7-12,14-15H2. The second-order valence-corrected chi connectivity index (χ2v) is 7.46. The molecule has 1 amide bonds. The molecule has 1 aromatic carbocycles. The number of nitrogens with zero attached hydrogens (tertiary/aromatic N) is 5. The van der Waals surface area contributed by atoms with Gasteiger partial charge in [0.25, 0.3) is 0 Å². The van der Waals surface area contributed by atoms with Crippen molar-refractivity contribution in [1.82, 2.24) is 24.6 Å². The lowest BCUT2D eigenvalue weighted by Crippen LogP contribution is -2.49. The van der Waals surface area contributed by atoms with E-state index in [-0.39, 0.29) is 18.1 Å². The molecule has 6 nitrogen and oxygen atoms in total. The largest absolute Gasteiger partial charge is 0.340 e. The highest BCUT2D eigenvalue weighted by Gasteiger charge is 2.23.